The quantitative estimate of drug-likeness (QED) is 0.739. The molecule has 1 unspecified atom stereocenters. The van der Waals surface area contributed by atoms with Gasteiger partial charge in [-0.15, -0.1) is 11.3 Å². The van der Waals surface area contributed by atoms with E-state index in [1.54, 1.807) is 14.2 Å². The van der Waals surface area contributed by atoms with E-state index in [9.17, 15) is 0 Å². The van der Waals surface area contributed by atoms with Crippen molar-refractivity contribution in [2.45, 2.75) is 18.7 Å². The van der Waals surface area contributed by atoms with Gasteiger partial charge in [0.25, 0.3) is 0 Å². The second-order valence-corrected chi connectivity index (χ2v) is 6.58. The number of aryl methyl sites for hydroxylation is 2. The minimum Gasteiger partial charge on any atom is -0.497 e. The largest absolute Gasteiger partial charge is 0.497 e. The Kier molecular flexibility index (Phi) is 4.53. The van der Waals surface area contributed by atoms with Crippen LogP contribution in [-0.4, -0.2) is 14.2 Å². The highest BCUT2D eigenvalue weighted by Gasteiger charge is 2.19. The summed E-state index contributed by atoms with van der Waals surface area (Å²) in [5.41, 5.74) is 2.43. The SMILES string of the molecule is COc1ccc(C(Br)c2sc(C)cc2C)c(OC)c1. The molecule has 2 rings (SSSR count). The van der Waals surface area contributed by atoms with Crippen LogP contribution >= 0.6 is 27.3 Å². The van der Waals surface area contributed by atoms with E-state index >= 15 is 0 Å². The standard InChI is InChI=1S/C15H17BrO2S/c1-9-7-10(2)19-15(9)14(16)12-6-5-11(17-3)8-13(12)18-4/h5-8,14H,1-4H3. The van der Waals surface area contributed by atoms with Gasteiger partial charge in [-0.1, -0.05) is 22.0 Å². The molecule has 0 radical (unpaired) electrons. The van der Waals surface area contributed by atoms with Crippen LogP contribution in [0.2, 0.25) is 0 Å². The lowest BCUT2D eigenvalue weighted by molar-refractivity contribution is 0.391. The van der Waals surface area contributed by atoms with Gasteiger partial charge in [0.15, 0.2) is 0 Å². The van der Waals surface area contributed by atoms with Crippen molar-refractivity contribution in [1.29, 1.82) is 0 Å². The van der Waals surface area contributed by atoms with E-state index in [1.807, 2.05) is 29.5 Å². The van der Waals surface area contributed by atoms with Gasteiger partial charge >= 0.3 is 0 Å². The van der Waals surface area contributed by atoms with Gasteiger partial charge < -0.3 is 9.47 Å². The zero-order chi connectivity index (χ0) is 14.0. The molecule has 0 saturated heterocycles. The summed E-state index contributed by atoms with van der Waals surface area (Å²) in [4.78, 5) is 2.79. The molecule has 0 aliphatic heterocycles. The highest BCUT2D eigenvalue weighted by Crippen LogP contribution is 2.42. The molecule has 1 heterocycles. The first-order valence-corrected chi connectivity index (χ1v) is 7.73. The van der Waals surface area contributed by atoms with Gasteiger partial charge in [-0.3, -0.25) is 0 Å². The van der Waals surface area contributed by atoms with Gasteiger partial charge in [0.1, 0.15) is 11.5 Å². The lowest BCUT2D eigenvalue weighted by atomic mass is 10.1. The fraction of sp³-hybridized carbons (Fsp3) is 0.333. The van der Waals surface area contributed by atoms with Crippen LogP contribution in [-0.2, 0) is 0 Å². The Bertz CT molecular complexity index is 578. The first-order valence-electron chi connectivity index (χ1n) is 5.99. The molecule has 1 atom stereocenters. The molecule has 1 aromatic heterocycles. The molecule has 0 fully saturated rings. The number of benzene rings is 1. The number of methoxy groups -OCH3 is 2. The van der Waals surface area contributed by atoms with Crippen molar-refractivity contribution >= 4 is 27.3 Å². The molecule has 0 spiro atoms. The summed E-state index contributed by atoms with van der Waals surface area (Å²) in [5, 5.41) is 0. The van der Waals surface area contributed by atoms with Crippen molar-refractivity contribution in [3.63, 3.8) is 0 Å². The van der Waals surface area contributed by atoms with E-state index in [4.69, 9.17) is 9.47 Å². The second-order valence-electron chi connectivity index (χ2n) is 4.37. The molecule has 19 heavy (non-hydrogen) atoms. The van der Waals surface area contributed by atoms with Gasteiger partial charge in [-0.05, 0) is 31.5 Å². The molecular weight excluding hydrogens is 324 g/mol. The molecule has 4 heteroatoms. The molecule has 0 bridgehead atoms. The molecule has 2 aromatic rings. The molecule has 0 aliphatic carbocycles. The highest BCUT2D eigenvalue weighted by molar-refractivity contribution is 9.09. The number of hydrogen-bond donors (Lipinski definition) is 0. The van der Waals surface area contributed by atoms with Crippen LogP contribution in [0.25, 0.3) is 0 Å². The van der Waals surface area contributed by atoms with Crippen LogP contribution in [0.4, 0.5) is 0 Å². The predicted molar refractivity (Wildman–Crippen MR) is 84.1 cm³/mol. The molecule has 1 aromatic carbocycles. The average Bonchev–Trinajstić information content (AvgIpc) is 2.76. The summed E-state index contributed by atoms with van der Waals surface area (Å²) in [5.74, 6) is 1.64. The van der Waals surface area contributed by atoms with Crippen LogP contribution in [0.15, 0.2) is 24.3 Å². The Balaban J connectivity index is 2.43. The first-order chi connectivity index (χ1) is 9.06. The second kappa shape index (κ2) is 5.97. The van der Waals surface area contributed by atoms with Gasteiger partial charge in [0.05, 0.1) is 19.0 Å². The van der Waals surface area contributed by atoms with Crippen LogP contribution in [0.3, 0.4) is 0 Å². The molecular formula is C15H17BrO2S. The summed E-state index contributed by atoms with van der Waals surface area (Å²) in [7, 11) is 3.34. The lowest BCUT2D eigenvalue weighted by Crippen LogP contribution is -1.97. The number of halogens is 1. The summed E-state index contributed by atoms with van der Waals surface area (Å²) in [6.45, 7) is 4.27. The zero-order valence-electron chi connectivity index (χ0n) is 11.5. The van der Waals surface area contributed by atoms with Gasteiger partial charge in [0, 0.05) is 21.4 Å². The monoisotopic (exact) mass is 340 g/mol. The van der Waals surface area contributed by atoms with Gasteiger partial charge in [-0.2, -0.15) is 0 Å². The van der Waals surface area contributed by atoms with Crippen LogP contribution in [0.1, 0.15) is 25.7 Å². The fourth-order valence-corrected chi connectivity index (χ4v) is 4.13. The summed E-state index contributed by atoms with van der Waals surface area (Å²) >= 11 is 5.60. The van der Waals surface area contributed by atoms with Crippen molar-refractivity contribution < 1.29 is 9.47 Å². The van der Waals surface area contributed by atoms with E-state index in [1.165, 1.54) is 15.3 Å². The van der Waals surface area contributed by atoms with Crippen LogP contribution in [0.5, 0.6) is 11.5 Å². The maximum Gasteiger partial charge on any atom is 0.127 e. The van der Waals surface area contributed by atoms with Crippen molar-refractivity contribution in [2.24, 2.45) is 0 Å². The van der Waals surface area contributed by atoms with Gasteiger partial charge in [0.2, 0.25) is 0 Å². The number of ether oxygens (including phenoxy) is 2. The van der Waals surface area contributed by atoms with E-state index in [-0.39, 0.29) is 4.83 Å². The van der Waals surface area contributed by atoms with E-state index < -0.39 is 0 Å². The number of rotatable bonds is 4. The third-order valence-electron chi connectivity index (χ3n) is 3.02. The van der Waals surface area contributed by atoms with Crippen LogP contribution in [0, 0.1) is 13.8 Å². The van der Waals surface area contributed by atoms with E-state index in [2.05, 4.69) is 35.8 Å². The van der Waals surface area contributed by atoms with Gasteiger partial charge in [-0.25, -0.2) is 0 Å². The Hall–Kier alpha value is -1.00. The smallest absolute Gasteiger partial charge is 0.127 e. The minimum atomic E-state index is 0.145. The highest BCUT2D eigenvalue weighted by atomic mass is 79.9. The molecule has 102 valence electrons. The Morgan fingerprint density at radius 3 is 2.37 bits per heavy atom. The fourth-order valence-electron chi connectivity index (χ4n) is 2.08. The zero-order valence-corrected chi connectivity index (χ0v) is 13.9. The number of alkyl halides is 1. The lowest BCUT2D eigenvalue weighted by Gasteiger charge is -2.15. The summed E-state index contributed by atoms with van der Waals surface area (Å²) in [6, 6.07) is 8.14. The minimum absolute atomic E-state index is 0.145. The van der Waals surface area contributed by atoms with E-state index in [0.717, 1.165) is 17.1 Å². The van der Waals surface area contributed by atoms with Crippen molar-refractivity contribution in [3.05, 3.63) is 45.1 Å². The summed E-state index contributed by atoms with van der Waals surface area (Å²) < 4.78 is 10.7. The maximum absolute atomic E-state index is 5.47. The molecule has 2 nitrogen and oxygen atoms in total. The Morgan fingerprint density at radius 1 is 1.11 bits per heavy atom. The molecule has 0 amide bonds. The summed E-state index contributed by atoms with van der Waals surface area (Å²) in [6.07, 6.45) is 0. The van der Waals surface area contributed by atoms with Crippen molar-refractivity contribution in [3.8, 4) is 11.5 Å². The average molecular weight is 341 g/mol. The Labute approximate surface area is 126 Å². The first kappa shape index (κ1) is 14.4. The maximum atomic E-state index is 5.47. The van der Waals surface area contributed by atoms with E-state index in [0.29, 0.717) is 0 Å². The Morgan fingerprint density at radius 2 is 1.84 bits per heavy atom. The van der Waals surface area contributed by atoms with Crippen molar-refractivity contribution in [2.75, 3.05) is 14.2 Å². The number of hydrogen-bond acceptors (Lipinski definition) is 3. The normalized spacial score (nSPS) is 12.3. The predicted octanol–water partition coefficient (Wildman–Crippen LogP) is 4.87. The number of thiophene rings is 1. The van der Waals surface area contributed by atoms with Crippen LogP contribution < -0.4 is 9.47 Å². The van der Waals surface area contributed by atoms with Crippen molar-refractivity contribution in [1.82, 2.24) is 0 Å². The molecule has 0 aliphatic rings. The topological polar surface area (TPSA) is 18.5 Å². The third-order valence-corrected chi connectivity index (χ3v) is 5.49. The molecule has 0 saturated carbocycles. The molecule has 0 N–H and O–H groups in total. The third kappa shape index (κ3) is 2.95.